The van der Waals surface area contributed by atoms with Gasteiger partial charge in [0.25, 0.3) is 0 Å². The number of nitrogens with zero attached hydrogens (tertiary/aromatic N) is 1. The van der Waals surface area contributed by atoms with Gasteiger partial charge in [-0.15, -0.1) is 0 Å². The summed E-state index contributed by atoms with van der Waals surface area (Å²) in [4.78, 5) is 13.5. The van der Waals surface area contributed by atoms with Gasteiger partial charge in [-0.05, 0) is 24.6 Å². The summed E-state index contributed by atoms with van der Waals surface area (Å²) in [5.74, 6) is -0.0226. The normalized spacial score (nSPS) is 12.2. The Kier molecular flexibility index (Phi) is 4.47. The second-order valence-electron chi connectivity index (χ2n) is 4.11. The van der Waals surface area contributed by atoms with Crippen molar-refractivity contribution in [3.63, 3.8) is 0 Å². The molecule has 0 saturated carbocycles. The van der Waals surface area contributed by atoms with Gasteiger partial charge in [-0.3, -0.25) is 4.79 Å². The van der Waals surface area contributed by atoms with E-state index in [-0.39, 0.29) is 17.5 Å². The first-order chi connectivity index (χ1) is 7.54. The molecule has 16 heavy (non-hydrogen) atoms. The molecule has 0 aliphatic heterocycles. The Morgan fingerprint density at radius 3 is 2.75 bits per heavy atom. The number of Topliss-reactive ketones (excluding diaryl/α,β-unsaturated/α-hetero) is 1. The van der Waals surface area contributed by atoms with Crippen LogP contribution in [0.2, 0.25) is 0 Å². The van der Waals surface area contributed by atoms with Gasteiger partial charge in [-0.1, -0.05) is 19.9 Å². The van der Waals surface area contributed by atoms with E-state index in [1.807, 2.05) is 13.8 Å². The standard InChI is InChI=1S/C13H18FNO/c1-4-10(2)13(16)9-15(3)12-7-5-6-11(14)8-12/h5-8,10H,4,9H2,1-3H3. The summed E-state index contributed by atoms with van der Waals surface area (Å²) in [6.45, 7) is 4.24. The van der Waals surface area contributed by atoms with Crippen molar-refractivity contribution in [2.45, 2.75) is 20.3 Å². The Labute approximate surface area is 96.1 Å². The molecule has 0 N–H and O–H groups in total. The van der Waals surface area contributed by atoms with Crippen molar-refractivity contribution >= 4 is 11.5 Å². The van der Waals surface area contributed by atoms with Gasteiger partial charge >= 0.3 is 0 Å². The summed E-state index contributed by atoms with van der Waals surface area (Å²) in [7, 11) is 1.80. The van der Waals surface area contributed by atoms with Crippen LogP contribution in [0.25, 0.3) is 0 Å². The predicted octanol–water partition coefficient (Wildman–Crippen LogP) is 2.88. The lowest BCUT2D eigenvalue weighted by molar-refractivity contribution is -0.121. The molecule has 0 aliphatic carbocycles. The van der Waals surface area contributed by atoms with Crippen LogP contribution in [0.5, 0.6) is 0 Å². The maximum absolute atomic E-state index is 13.0. The van der Waals surface area contributed by atoms with Crippen LogP contribution in [0, 0.1) is 11.7 Å². The first-order valence-electron chi connectivity index (χ1n) is 5.54. The minimum atomic E-state index is -0.277. The quantitative estimate of drug-likeness (QED) is 0.765. The molecule has 0 fully saturated rings. The van der Waals surface area contributed by atoms with Crippen molar-refractivity contribution in [3.05, 3.63) is 30.1 Å². The van der Waals surface area contributed by atoms with Crippen molar-refractivity contribution in [1.29, 1.82) is 0 Å². The number of benzene rings is 1. The average molecular weight is 223 g/mol. The molecule has 1 aromatic carbocycles. The molecule has 2 nitrogen and oxygen atoms in total. The van der Waals surface area contributed by atoms with Crippen molar-refractivity contribution in [2.24, 2.45) is 5.92 Å². The van der Waals surface area contributed by atoms with Gasteiger partial charge in [0, 0.05) is 18.7 Å². The van der Waals surface area contributed by atoms with Crippen LogP contribution in [-0.4, -0.2) is 19.4 Å². The molecule has 1 unspecified atom stereocenters. The molecule has 0 spiro atoms. The molecule has 0 aliphatic rings. The molecule has 0 amide bonds. The number of hydrogen-bond donors (Lipinski definition) is 0. The minimum absolute atomic E-state index is 0.0657. The summed E-state index contributed by atoms with van der Waals surface area (Å²) in [5, 5.41) is 0. The highest BCUT2D eigenvalue weighted by molar-refractivity contribution is 5.85. The third-order valence-corrected chi connectivity index (χ3v) is 2.80. The van der Waals surface area contributed by atoms with E-state index in [2.05, 4.69) is 0 Å². The Morgan fingerprint density at radius 1 is 1.50 bits per heavy atom. The van der Waals surface area contributed by atoms with Gasteiger partial charge in [0.1, 0.15) is 5.82 Å². The average Bonchev–Trinajstić information content (AvgIpc) is 2.27. The minimum Gasteiger partial charge on any atom is -0.367 e. The first kappa shape index (κ1) is 12.7. The highest BCUT2D eigenvalue weighted by Crippen LogP contribution is 2.14. The molecule has 0 radical (unpaired) electrons. The molecule has 88 valence electrons. The highest BCUT2D eigenvalue weighted by atomic mass is 19.1. The highest BCUT2D eigenvalue weighted by Gasteiger charge is 2.13. The molecule has 1 aromatic rings. The van der Waals surface area contributed by atoms with Crippen molar-refractivity contribution in [3.8, 4) is 0 Å². The molecule has 1 rings (SSSR count). The number of carbonyl (C=O) groups is 1. The van der Waals surface area contributed by atoms with Crippen LogP contribution in [-0.2, 0) is 4.79 Å². The van der Waals surface area contributed by atoms with Gasteiger partial charge < -0.3 is 4.90 Å². The summed E-state index contributed by atoms with van der Waals surface area (Å²) in [6.07, 6.45) is 0.843. The Morgan fingerprint density at radius 2 is 2.19 bits per heavy atom. The lowest BCUT2D eigenvalue weighted by Gasteiger charge is -2.20. The smallest absolute Gasteiger partial charge is 0.154 e. The number of halogens is 1. The second-order valence-corrected chi connectivity index (χ2v) is 4.11. The lowest BCUT2D eigenvalue weighted by Crippen LogP contribution is -2.29. The number of rotatable bonds is 5. The number of anilines is 1. The van der Waals surface area contributed by atoms with Crippen LogP contribution in [0.3, 0.4) is 0 Å². The van der Waals surface area contributed by atoms with Crippen molar-refractivity contribution < 1.29 is 9.18 Å². The van der Waals surface area contributed by atoms with E-state index >= 15 is 0 Å². The topological polar surface area (TPSA) is 20.3 Å². The van der Waals surface area contributed by atoms with E-state index in [0.717, 1.165) is 12.1 Å². The van der Waals surface area contributed by atoms with Gasteiger partial charge in [-0.25, -0.2) is 4.39 Å². The Balaban J connectivity index is 2.65. The van der Waals surface area contributed by atoms with Crippen LogP contribution < -0.4 is 4.90 Å². The Hall–Kier alpha value is -1.38. The summed E-state index contributed by atoms with van der Waals surface area (Å²) < 4.78 is 13.0. The van der Waals surface area contributed by atoms with Gasteiger partial charge in [-0.2, -0.15) is 0 Å². The van der Waals surface area contributed by atoms with Crippen LogP contribution in [0.15, 0.2) is 24.3 Å². The monoisotopic (exact) mass is 223 g/mol. The maximum Gasteiger partial charge on any atom is 0.154 e. The molecule has 0 heterocycles. The van der Waals surface area contributed by atoms with Crippen molar-refractivity contribution in [2.75, 3.05) is 18.5 Å². The zero-order valence-electron chi connectivity index (χ0n) is 10.0. The van der Waals surface area contributed by atoms with Crippen LogP contribution in [0.1, 0.15) is 20.3 Å². The third kappa shape index (κ3) is 3.33. The number of hydrogen-bond acceptors (Lipinski definition) is 2. The fourth-order valence-corrected chi connectivity index (χ4v) is 1.42. The zero-order valence-corrected chi connectivity index (χ0v) is 10.0. The maximum atomic E-state index is 13.0. The van der Waals surface area contributed by atoms with Gasteiger partial charge in [0.05, 0.1) is 6.54 Å². The molecule has 1 atom stereocenters. The fourth-order valence-electron chi connectivity index (χ4n) is 1.42. The van der Waals surface area contributed by atoms with Gasteiger partial charge in [0.15, 0.2) is 5.78 Å². The summed E-state index contributed by atoms with van der Waals surface area (Å²) >= 11 is 0. The second kappa shape index (κ2) is 5.64. The van der Waals surface area contributed by atoms with E-state index in [1.54, 1.807) is 24.1 Å². The SMILES string of the molecule is CCC(C)C(=O)CN(C)c1cccc(F)c1. The van der Waals surface area contributed by atoms with E-state index in [4.69, 9.17) is 0 Å². The largest absolute Gasteiger partial charge is 0.367 e. The number of ketones is 1. The van der Waals surface area contributed by atoms with E-state index in [1.165, 1.54) is 12.1 Å². The number of likely N-dealkylation sites (N-methyl/N-ethyl adjacent to an activating group) is 1. The molecule has 0 aromatic heterocycles. The lowest BCUT2D eigenvalue weighted by atomic mass is 10.0. The first-order valence-corrected chi connectivity index (χ1v) is 5.54. The van der Waals surface area contributed by atoms with Crippen molar-refractivity contribution in [1.82, 2.24) is 0 Å². The summed E-state index contributed by atoms with van der Waals surface area (Å²) in [6, 6.07) is 6.28. The van der Waals surface area contributed by atoms with E-state index in [0.29, 0.717) is 6.54 Å². The zero-order chi connectivity index (χ0) is 12.1. The van der Waals surface area contributed by atoms with E-state index < -0.39 is 0 Å². The molecule has 0 saturated heterocycles. The van der Waals surface area contributed by atoms with E-state index in [9.17, 15) is 9.18 Å². The fraction of sp³-hybridized carbons (Fsp3) is 0.462. The molecule has 3 heteroatoms. The predicted molar refractivity (Wildman–Crippen MR) is 64.1 cm³/mol. The summed E-state index contributed by atoms with van der Waals surface area (Å²) in [5.41, 5.74) is 0.733. The van der Waals surface area contributed by atoms with Crippen LogP contribution in [0.4, 0.5) is 10.1 Å². The molecular formula is C13H18FNO. The number of carbonyl (C=O) groups excluding carboxylic acids is 1. The molecule has 0 bridgehead atoms. The molecular weight excluding hydrogens is 205 g/mol. The van der Waals surface area contributed by atoms with Crippen LogP contribution >= 0.6 is 0 Å². The van der Waals surface area contributed by atoms with Gasteiger partial charge in [0.2, 0.25) is 0 Å². The third-order valence-electron chi connectivity index (χ3n) is 2.80. The Bertz CT molecular complexity index is 365.